The van der Waals surface area contributed by atoms with Gasteiger partial charge in [-0.15, -0.1) is 0 Å². The first-order chi connectivity index (χ1) is 12.9. The molecule has 1 N–H and O–H groups in total. The number of nitrogens with one attached hydrogen (secondary N) is 1. The number of benzene rings is 1. The molecule has 1 aromatic carbocycles. The normalized spacial score (nSPS) is 14.6. The Bertz CT molecular complexity index is 1110. The number of aromatic nitrogens is 3. The summed E-state index contributed by atoms with van der Waals surface area (Å²) >= 11 is 5.84. The van der Waals surface area contributed by atoms with Crippen molar-refractivity contribution >= 4 is 44.0 Å². The summed E-state index contributed by atoms with van der Waals surface area (Å²) in [7, 11) is -3.80. The van der Waals surface area contributed by atoms with Gasteiger partial charge in [-0.2, -0.15) is 5.10 Å². The zero-order valence-electron chi connectivity index (χ0n) is 14.6. The van der Waals surface area contributed by atoms with Crippen molar-refractivity contribution in [3.05, 3.63) is 47.0 Å². The number of halogens is 2. The minimum absolute atomic E-state index is 0.0783. The maximum absolute atomic E-state index is 14.6. The first-order valence-corrected chi connectivity index (χ1v) is 10.7. The number of anilines is 2. The molecule has 142 valence electrons. The topological polar surface area (TPSA) is 79.0 Å². The maximum atomic E-state index is 14.6. The van der Waals surface area contributed by atoms with Crippen molar-refractivity contribution in [2.45, 2.75) is 32.1 Å². The van der Waals surface area contributed by atoms with Gasteiger partial charge in [0.25, 0.3) is 0 Å². The number of nitrogens with zero attached hydrogens (tertiary/aromatic N) is 3. The molecule has 0 radical (unpaired) electrons. The molecule has 0 saturated heterocycles. The van der Waals surface area contributed by atoms with Crippen molar-refractivity contribution in [2.75, 3.05) is 10.1 Å². The Hall–Kier alpha value is -2.19. The molecule has 4 rings (SSSR count). The molecule has 2 aromatic heterocycles. The average Bonchev–Trinajstić information content (AvgIpc) is 3.36. The molecule has 9 heteroatoms. The summed E-state index contributed by atoms with van der Waals surface area (Å²) in [5, 5.41) is 8.14. The number of aromatic amines is 1. The van der Waals surface area contributed by atoms with Crippen LogP contribution in [-0.2, 0) is 10.0 Å². The van der Waals surface area contributed by atoms with Gasteiger partial charge in [0.2, 0.25) is 10.0 Å². The lowest BCUT2D eigenvalue weighted by Crippen LogP contribution is -2.29. The second-order valence-electron chi connectivity index (χ2n) is 6.65. The van der Waals surface area contributed by atoms with Crippen molar-refractivity contribution < 1.29 is 12.8 Å². The van der Waals surface area contributed by atoms with Gasteiger partial charge in [-0.25, -0.2) is 22.1 Å². The molecule has 1 aliphatic carbocycles. The van der Waals surface area contributed by atoms with Crippen LogP contribution in [0.25, 0.3) is 11.0 Å². The van der Waals surface area contributed by atoms with Crippen molar-refractivity contribution in [1.82, 2.24) is 15.2 Å². The van der Waals surface area contributed by atoms with E-state index in [9.17, 15) is 12.8 Å². The van der Waals surface area contributed by atoms with Crippen molar-refractivity contribution in [1.29, 1.82) is 0 Å². The number of hydrogen-bond acceptors (Lipinski definition) is 4. The molecule has 6 nitrogen and oxygen atoms in total. The lowest BCUT2D eigenvalue weighted by molar-refractivity contribution is 0.591. The standard InChI is InChI=1S/C18H18ClFN4O2S/c1-2-7-27(25,26)24(16-6-5-12(19)8-15(16)20)13-9-14-17(11-3-4-11)22-23-18(14)21-10-13/h5-6,8-11H,2-4,7H2,1H3,(H,21,22,23). The molecule has 0 amide bonds. The fourth-order valence-corrected chi connectivity index (χ4v) is 4.87. The maximum Gasteiger partial charge on any atom is 0.239 e. The SMILES string of the molecule is CCCS(=O)(=O)N(c1cnc2n[nH]c(C3CC3)c2c1)c1ccc(Cl)cc1F. The van der Waals surface area contributed by atoms with Crippen LogP contribution in [0.1, 0.15) is 37.8 Å². The van der Waals surface area contributed by atoms with Crippen LogP contribution in [0.2, 0.25) is 5.02 Å². The summed E-state index contributed by atoms with van der Waals surface area (Å²) in [4.78, 5) is 4.28. The highest BCUT2D eigenvalue weighted by molar-refractivity contribution is 7.93. The zero-order chi connectivity index (χ0) is 19.2. The van der Waals surface area contributed by atoms with Gasteiger partial charge < -0.3 is 0 Å². The van der Waals surface area contributed by atoms with Gasteiger partial charge in [-0.1, -0.05) is 18.5 Å². The Kier molecular flexibility index (Phi) is 4.55. The minimum atomic E-state index is -3.80. The third-order valence-electron chi connectivity index (χ3n) is 4.51. The van der Waals surface area contributed by atoms with E-state index in [1.807, 2.05) is 0 Å². The van der Waals surface area contributed by atoms with E-state index in [4.69, 9.17) is 11.6 Å². The number of pyridine rings is 1. The summed E-state index contributed by atoms with van der Waals surface area (Å²) in [6, 6.07) is 5.64. The number of rotatable bonds is 6. The second kappa shape index (κ2) is 6.76. The monoisotopic (exact) mass is 408 g/mol. The lowest BCUT2D eigenvalue weighted by Gasteiger charge is -2.24. The third-order valence-corrected chi connectivity index (χ3v) is 6.64. The first-order valence-electron chi connectivity index (χ1n) is 8.73. The molecule has 0 bridgehead atoms. The Balaban J connectivity index is 1.90. The molecule has 2 heterocycles. The van der Waals surface area contributed by atoms with Crippen molar-refractivity contribution in [2.24, 2.45) is 0 Å². The zero-order valence-corrected chi connectivity index (χ0v) is 16.2. The van der Waals surface area contributed by atoms with Crippen LogP contribution in [0.5, 0.6) is 0 Å². The molecule has 1 saturated carbocycles. The highest BCUT2D eigenvalue weighted by atomic mass is 35.5. The summed E-state index contributed by atoms with van der Waals surface area (Å²) in [6.07, 6.45) is 3.93. The predicted octanol–water partition coefficient (Wildman–Crippen LogP) is 4.51. The third kappa shape index (κ3) is 3.39. The fourth-order valence-electron chi connectivity index (χ4n) is 3.15. The predicted molar refractivity (Wildman–Crippen MR) is 103 cm³/mol. The van der Waals surface area contributed by atoms with Crippen LogP contribution in [0, 0.1) is 5.82 Å². The molecule has 0 unspecified atom stereocenters. The van der Waals surface area contributed by atoms with Crippen LogP contribution in [0.3, 0.4) is 0 Å². The van der Waals surface area contributed by atoms with Crippen LogP contribution in [0.15, 0.2) is 30.5 Å². The average molecular weight is 409 g/mol. The molecule has 1 fully saturated rings. The second-order valence-corrected chi connectivity index (χ2v) is 9.03. The van der Waals surface area contributed by atoms with Gasteiger partial charge in [0.1, 0.15) is 5.82 Å². The summed E-state index contributed by atoms with van der Waals surface area (Å²) in [5.74, 6) is -0.439. The van der Waals surface area contributed by atoms with Gasteiger partial charge >= 0.3 is 0 Å². The highest BCUT2D eigenvalue weighted by Crippen LogP contribution is 2.43. The van der Waals surface area contributed by atoms with Gasteiger partial charge in [-0.3, -0.25) is 5.10 Å². The number of sulfonamides is 1. The Morgan fingerprint density at radius 1 is 1.33 bits per heavy atom. The quantitative estimate of drug-likeness (QED) is 0.651. The number of H-pyrrole nitrogens is 1. The van der Waals surface area contributed by atoms with Crippen LogP contribution >= 0.6 is 11.6 Å². The van der Waals surface area contributed by atoms with E-state index < -0.39 is 15.8 Å². The van der Waals surface area contributed by atoms with Gasteiger partial charge in [0.05, 0.1) is 23.3 Å². The number of hydrogen-bond donors (Lipinski definition) is 1. The van der Waals surface area contributed by atoms with E-state index in [0.29, 0.717) is 18.0 Å². The largest absolute Gasteiger partial charge is 0.279 e. The Labute approximate surface area is 161 Å². The van der Waals surface area contributed by atoms with E-state index in [1.54, 1.807) is 13.0 Å². The first kappa shape index (κ1) is 18.2. The smallest absolute Gasteiger partial charge is 0.239 e. The van der Waals surface area contributed by atoms with E-state index in [1.165, 1.54) is 18.3 Å². The van der Waals surface area contributed by atoms with E-state index in [-0.39, 0.29) is 22.2 Å². The summed E-state index contributed by atoms with van der Waals surface area (Å²) in [5.41, 5.74) is 1.67. The van der Waals surface area contributed by atoms with Crippen LogP contribution in [-0.4, -0.2) is 29.4 Å². The van der Waals surface area contributed by atoms with Crippen LogP contribution in [0.4, 0.5) is 15.8 Å². The fraction of sp³-hybridized carbons (Fsp3) is 0.333. The van der Waals surface area contributed by atoms with E-state index in [2.05, 4.69) is 15.2 Å². The molecular weight excluding hydrogens is 391 g/mol. The van der Waals surface area contributed by atoms with Gasteiger partial charge in [0.15, 0.2) is 5.65 Å². The number of fused-ring (bicyclic) bond motifs is 1. The molecular formula is C18H18ClFN4O2S. The Morgan fingerprint density at radius 3 is 2.78 bits per heavy atom. The summed E-state index contributed by atoms with van der Waals surface area (Å²) in [6.45, 7) is 1.76. The molecule has 0 spiro atoms. The minimum Gasteiger partial charge on any atom is -0.279 e. The highest BCUT2D eigenvalue weighted by Gasteiger charge is 2.30. The van der Waals surface area contributed by atoms with Crippen molar-refractivity contribution in [3.63, 3.8) is 0 Å². The summed E-state index contributed by atoms with van der Waals surface area (Å²) < 4.78 is 41.5. The molecule has 0 atom stereocenters. The van der Waals surface area contributed by atoms with Gasteiger partial charge in [0, 0.05) is 22.0 Å². The van der Waals surface area contributed by atoms with Gasteiger partial charge in [-0.05, 0) is 43.5 Å². The molecule has 0 aliphatic heterocycles. The van der Waals surface area contributed by atoms with Crippen molar-refractivity contribution in [3.8, 4) is 0 Å². The van der Waals surface area contributed by atoms with E-state index in [0.717, 1.165) is 34.3 Å². The molecule has 3 aromatic rings. The Morgan fingerprint density at radius 2 is 2.11 bits per heavy atom. The lowest BCUT2D eigenvalue weighted by atomic mass is 10.2. The molecule has 27 heavy (non-hydrogen) atoms. The van der Waals surface area contributed by atoms with Crippen LogP contribution < -0.4 is 4.31 Å². The molecule has 1 aliphatic rings. The van der Waals surface area contributed by atoms with E-state index >= 15 is 0 Å².